The van der Waals surface area contributed by atoms with Crippen LogP contribution < -0.4 is 10.6 Å². The van der Waals surface area contributed by atoms with E-state index in [0.717, 1.165) is 0 Å². The van der Waals surface area contributed by atoms with Crippen molar-refractivity contribution >= 4 is 13.0 Å². The molecule has 11 heavy (non-hydrogen) atoms. The van der Waals surface area contributed by atoms with Gasteiger partial charge >= 0.3 is 7.12 Å². The van der Waals surface area contributed by atoms with E-state index in [0.29, 0.717) is 0 Å². The minimum atomic E-state index is -1.50. The van der Waals surface area contributed by atoms with Crippen molar-refractivity contribution in [3.63, 3.8) is 0 Å². The number of likely N-dealkylation sites (N-methyl/N-ethyl adjacent to an activating group) is 1. The molecule has 0 aromatic carbocycles. The predicted molar refractivity (Wildman–Crippen MR) is 41.7 cm³/mol. The molecule has 0 spiro atoms. The Labute approximate surface area is 65.9 Å². The van der Waals surface area contributed by atoms with E-state index in [4.69, 9.17) is 10.0 Å². The van der Waals surface area contributed by atoms with Crippen LogP contribution >= 0.6 is 0 Å². The molecule has 5 nitrogen and oxygen atoms in total. The standard InChI is InChI=1S/C5H13BN2O3/c1-4(6(10)11)8-5(9)3-7-2/h4,7,10-11H,3H2,1-2H3,(H,8,9)/t4-/m0/s1. The fourth-order valence-electron chi connectivity index (χ4n) is 0.540. The van der Waals surface area contributed by atoms with Gasteiger partial charge in [-0.05, 0) is 14.0 Å². The summed E-state index contributed by atoms with van der Waals surface area (Å²) in [6.07, 6.45) is 0. The molecule has 1 atom stereocenters. The zero-order valence-electron chi connectivity index (χ0n) is 6.66. The number of carbonyl (C=O) groups excluding carboxylic acids is 1. The molecule has 0 saturated carbocycles. The molecule has 6 heteroatoms. The van der Waals surface area contributed by atoms with Gasteiger partial charge in [0.25, 0.3) is 0 Å². The van der Waals surface area contributed by atoms with Crippen LogP contribution in [0, 0.1) is 0 Å². The lowest BCUT2D eigenvalue weighted by molar-refractivity contribution is -0.120. The van der Waals surface area contributed by atoms with E-state index in [9.17, 15) is 4.79 Å². The highest BCUT2D eigenvalue weighted by molar-refractivity contribution is 6.43. The second-order valence-electron chi connectivity index (χ2n) is 2.30. The van der Waals surface area contributed by atoms with Crippen LogP contribution in [0.15, 0.2) is 0 Å². The molecule has 0 aliphatic carbocycles. The first-order valence-electron chi connectivity index (χ1n) is 3.38. The highest BCUT2D eigenvalue weighted by atomic mass is 16.4. The van der Waals surface area contributed by atoms with Gasteiger partial charge in [0.05, 0.1) is 12.5 Å². The molecule has 0 unspecified atom stereocenters. The second kappa shape index (κ2) is 5.12. The molecule has 1 amide bonds. The molecule has 0 aromatic rings. The maximum atomic E-state index is 10.8. The van der Waals surface area contributed by atoms with E-state index in [1.807, 2.05) is 0 Å². The van der Waals surface area contributed by atoms with E-state index < -0.39 is 13.1 Å². The average Bonchev–Trinajstić information content (AvgIpc) is 1.87. The Balaban J connectivity index is 3.57. The van der Waals surface area contributed by atoms with E-state index in [1.165, 1.54) is 6.92 Å². The van der Waals surface area contributed by atoms with Gasteiger partial charge in [0.15, 0.2) is 0 Å². The third-order valence-electron chi connectivity index (χ3n) is 1.17. The highest BCUT2D eigenvalue weighted by Crippen LogP contribution is 1.81. The SMILES string of the molecule is CNCC(=O)N[C@@H](C)B(O)O. The third-order valence-corrected chi connectivity index (χ3v) is 1.17. The molecule has 0 fully saturated rings. The molecular formula is C5H13BN2O3. The number of hydrogen-bond donors (Lipinski definition) is 4. The summed E-state index contributed by atoms with van der Waals surface area (Å²) in [6.45, 7) is 1.69. The van der Waals surface area contributed by atoms with Crippen molar-refractivity contribution in [3.8, 4) is 0 Å². The number of amides is 1. The zero-order chi connectivity index (χ0) is 8.85. The lowest BCUT2D eigenvalue weighted by atomic mass is 9.81. The second-order valence-corrected chi connectivity index (χ2v) is 2.30. The van der Waals surface area contributed by atoms with Crippen molar-refractivity contribution in [3.05, 3.63) is 0 Å². The van der Waals surface area contributed by atoms with Crippen LogP contribution in [0.4, 0.5) is 0 Å². The summed E-state index contributed by atoms with van der Waals surface area (Å²) in [5.41, 5.74) is 0. The Morgan fingerprint density at radius 1 is 1.64 bits per heavy atom. The first kappa shape index (κ1) is 10.4. The zero-order valence-corrected chi connectivity index (χ0v) is 6.66. The van der Waals surface area contributed by atoms with Crippen molar-refractivity contribution < 1.29 is 14.8 Å². The number of nitrogens with one attached hydrogen (secondary N) is 2. The van der Waals surface area contributed by atoms with Gasteiger partial charge in [-0.2, -0.15) is 0 Å². The summed E-state index contributed by atoms with van der Waals surface area (Å²) >= 11 is 0. The molecule has 0 aliphatic heterocycles. The fraction of sp³-hybridized carbons (Fsp3) is 0.800. The lowest BCUT2D eigenvalue weighted by Gasteiger charge is -2.11. The largest absolute Gasteiger partial charge is 0.475 e. The first-order valence-corrected chi connectivity index (χ1v) is 3.38. The molecule has 0 aromatic heterocycles. The fourth-order valence-corrected chi connectivity index (χ4v) is 0.540. The molecule has 0 aliphatic rings. The minimum Gasteiger partial charge on any atom is -0.426 e. The molecule has 0 heterocycles. The Hall–Kier alpha value is -0.585. The van der Waals surface area contributed by atoms with Crippen LogP contribution in [0.2, 0.25) is 0 Å². The quantitative estimate of drug-likeness (QED) is 0.349. The van der Waals surface area contributed by atoms with Gasteiger partial charge in [0, 0.05) is 0 Å². The normalized spacial score (nSPS) is 12.4. The Morgan fingerprint density at radius 2 is 2.18 bits per heavy atom. The van der Waals surface area contributed by atoms with E-state index in [-0.39, 0.29) is 12.5 Å². The van der Waals surface area contributed by atoms with Gasteiger partial charge in [-0.25, -0.2) is 0 Å². The van der Waals surface area contributed by atoms with Crippen molar-refractivity contribution in [1.82, 2.24) is 10.6 Å². The van der Waals surface area contributed by atoms with E-state index in [1.54, 1.807) is 7.05 Å². The summed E-state index contributed by atoms with van der Waals surface area (Å²) in [7, 11) is 0.135. The van der Waals surface area contributed by atoms with Crippen molar-refractivity contribution in [2.24, 2.45) is 0 Å². The summed E-state index contributed by atoms with van der Waals surface area (Å²) in [5.74, 6) is -0.885. The lowest BCUT2D eigenvalue weighted by Crippen LogP contribution is -2.46. The summed E-state index contributed by atoms with van der Waals surface area (Å²) in [6, 6.07) is 0. The number of carbonyl (C=O) groups is 1. The van der Waals surface area contributed by atoms with Crippen LogP contribution in [-0.2, 0) is 4.79 Å². The topological polar surface area (TPSA) is 81.6 Å². The Morgan fingerprint density at radius 3 is 2.55 bits per heavy atom. The predicted octanol–water partition coefficient (Wildman–Crippen LogP) is -2.28. The molecule has 0 saturated heterocycles. The van der Waals surface area contributed by atoms with E-state index >= 15 is 0 Å². The summed E-state index contributed by atoms with van der Waals surface area (Å²) in [5, 5.41) is 22.1. The third kappa shape index (κ3) is 4.77. The Kier molecular flexibility index (Phi) is 4.84. The highest BCUT2D eigenvalue weighted by Gasteiger charge is 2.19. The maximum absolute atomic E-state index is 10.8. The molecule has 64 valence electrons. The van der Waals surface area contributed by atoms with Crippen LogP contribution in [0.5, 0.6) is 0 Å². The van der Waals surface area contributed by atoms with Gasteiger partial charge in [-0.15, -0.1) is 0 Å². The van der Waals surface area contributed by atoms with Gasteiger partial charge in [-0.1, -0.05) is 0 Å². The van der Waals surface area contributed by atoms with Crippen LogP contribution in [0.25, 0.3) is 0 Å². The van der Waals surface area contributed by atoms with Crippen LogP contribution in [0.3, 0.4) is 0 Å². The van der Waals surface area contributed by atoms with Crippen molar-refractivity contribution in [2.45, 2.75) is 12.9 Å². The average molecular weight is 160 g/mol. The number of rotatable bonds is 4. The Bertz CT molecular complexity index is 131. The molecule has 0 radical (unpaired) electrons. The molecule has 0 bridgehead atoms. The smallest absolute Gasteiger partial charge is 0.426 e. The van der Waals surface area contributed by atoms with Crippen LogP contribution in [-0.4, -0.2) is 42.6 Å². The maximum Gasteiger partial charge on any atom is 0.475 e. The first-order chi connectivity index (χ1) is 5.07. The van der Waals surface area contributed by atoms with E-state index in [2.05, 4.69) is 10.6 Å². The van der Waals surface area contributed by atoms with Gasteiger partial charge in [0.1, 0.15) is 0 Å². The minimum absolute atomic E-state index is 0.178. The summed E-state index contributed by atoms with van der Waals surface area (Å²) < 4.78 is 0. The molecular weight excluding hydrogens is 147 g/mol. The van der Waals surface area contributed by atoms with Crippen molar-refractivity contribution in [1.29, 1.82) is 0 Å². The van der Waals surface area contributed by atoms with Gasteiger partial charge < -0.3 is 20.7 Å². The summed E-state index contributed by atoms with van der Waals surface area (Å²) in [4.78, 5) is 10.8. The molecule has 0 rings (SSSR count). The van der Waals surface area contributed by atoms with Crippen molar-refractivity contribution in [2.75, 3.05) is 13.6 Å². The van der Waals surface area contributed by atoms with Crippen LogP contribution in [0.1, 0.15) is 6.92 Å². The number of hydrogen-bond acceptors (Lipinski definition) is 4. The van der Waals surface area contributed by atoms with Gasteiger partial charge in [0.2, 0.25) is 5.91 Å². The molecule has 4 N–H and O–H groups in total. The monoisotopic (exact) mass is 160 g/mol. The van der Waals surface area contributed by atoms with Gasteiger partial charge in [-0.3, -0.25) is 4.79 Å².